The average Bonchev–Trinajstić information content (AvgIpc) is 2.97. The van der Waals surface area contributed by atoms with Gasteiger partial charge in [-0.15, -0.1) is 0 Å². The summed E-state index contributed by atoms with van der Waals surface area (Å²) < 4.78 is 77.2. The fourth-order valence-corrected chi connectivity index (χ4v) is 2.34. The maximum Gasteiger partial charge on any atom is 0.412 e. The monoisotopic (exact) mass is 389 g/mol. The van der Waals surface area contributed by atoms with Crippen molar-refractivity contribution in [1.82, 2.24) is 0 Å². The standard InChI is InChI=1S/C15H9F6N5O/c1-13(5-11(25-26-13)15(19,20)21)12(27)24-9-4-8(14(16,17)18)10(23-2)3-7(9)6-22/h3-4,11H,5H2,1H3,(H,24,27). The molecule has 0 aromatic heterocycles. The fraction of sp³-hybridized carbons (Fsp3) is 0.400. The average molecular weight is 389 g/mol. The van der Waals surface area contributed by atoms with Gasteiger partial charge in [-0.2, -0.15) is 41.8 Å². The van der Waals surface area contributed by atoms with Gasteiger partial charge in [0.25, 0.3) is 5.91 Å². The minimum atomic E-state index is -4.94. The van der Waals surface area contributed by atoms with Crippen molar-refractivity contribution in [3.63, 3.8) is 0 Å². The number of nitrogens with zero attached hydrogens (tertiary/aromatic N) is 4. The molecule has 0 bridgehead atoms. The zero-order valence-corrected chi connectivity index (χ0v) is 13.4. The lowest BCUT2D eigenvalue weighted by Gasteiger charge is -2.21. The predicted octanol–water partition coefficient (Wildman–Crippen LogP) is 4.61. The van der Waals surface area contributed by atoms with E-state index in [0.717, 1.165) is 6.92 Å². The first-order valence-electron chi connectivity index (χ1n) is 7.15. The summed E-state index contributed by atoms with van der Waals surface area (Å²) in [5, 5.41) is 17.4. The van der Waals surface area contributed by atoms with Crippen LogP contribution in [0.1, 0.15) is 24.5 Å². The molecular formula is C15H9F6N5O. The molecule has 1 aromatic rings. The van der Waals surface area contributed by atoms with E-state index < -0.39 is 58.8 Å². The van der Waals surface area contributed by atoms with Crippen LogP contribution in [0.2, 0.25) is 0 Å². The molecule has 1 heterocycles. The number of nitrogens with one attached hydrogen (secondary N) is 1. The normalized spacial score (nSPS) is 22.2. The van der Waals surface area contributed by atoms with Gasteiger partial charge in [-0.05, 0) is 19.1 Å². The van der Waals surface area contributed by atoms with Gasteiger partial charge in [-0.25, -0.2) is 4.85 Å². The number of carbonyl (C=O) groups is 1. The van der Waals surface area contributed by atoms with Crippen LogP contribution >= 0.6 is 0 Å². The van der Waals surface area contributed by atoms with E-state index in [1.54, 1.807) is 0 Å². The second-order valence-corrected chi connectivity index (χ2v) is 5.84. The van der Waals surface area contributed by atoms with E-state index in [2.05, 4.69) is 15.1 Å². The van der Waals surface area contributed by atoms with Gasteiger partial charge in [0.1, 0.15) is 0 Å². The summed E-state index contributed by atoms with van der Waals surface area (Å²) in [5.41, 5.74) is -5.24. The number of azo groups is 1. The van der Waals surface area contributed by atoms with Gasteiger partial charge < -0.3 is 5.32 Å². The predicted molar refractivity (Wildman–Crippen MR) is 78.8 cm³/mol. The molecule has 0 saturated carbocycles. The van der Waals surface area contributed by atoms with Crippen molar-refractivity contribution >= 4 is 17.3 Å². The third-order valence-corrected chi connectivity index (χ3v) is 3.81. The molecule has 1 aromatic carbocycles. The molecule has 0 saturated heterocycles. The zero-order valence-electron chi connectivity index (χ0n) is 13.4. The van der Waals surface area contributed by atoms with E-state index in [1.165, 1.54) is 6.07 Å². The molecule has 2 rings (SSSR count). The van der Waals surface area contributed by atoms with E-state index in [4.69, 9.17) is 11.8 Å². The van der Waals surface area contributed by atoms with Crippen LogP contribution in [0.4, 0.5) is 37.7 Å². The van der Waals surface area contributed by atoms with Crippen LogP contribution < -0.4 is 5.32 Å². The van der Waals surface area contributed by atoms with Gasteiger partial charge in [0.15, 0.2) is 11.6 Å². The lowest BCUT2D eigenvalue weighted by molar-refractivity contribution is -0.148. The molecule has 27 heavy (non-hydrogen) atoms. The van der Waals surface area contributed by atoms with Gasteiger partial charge in [0.05, 0.1) is 29.5 Å². The van der Waals surface area contributed by atoms with E-state index in [9.17, 15) is 31.1 Å². The van der Waals surface area contributed by atoms with Gasteiger partial charge in [0, 0.05) is 6.42 Å². The molecule has 1 aliphatic heterocycles. The minimum absolute atomic E-state index is 0.389. The highest BCUT2D eigenvalue weighted by atomic mass is 19.4. The SMILES string of the molecule is [C-]#[N+]c1cc(C#N)c(NC(=O)C2(C)CC(C(F)(F)F)N=N2)cc1C(F)(F)F. The molecule has 1 N–H and O–H groups in total. The topological polar surface area (TPSA) is 82.0 Å². The van der Waals surface area contributed by atoms with Crippen LogP contribution in [-0.2, 0) is 11.0 Å². The Labute approximate surface area is 148 Å². The summed E-state index contributed by atoms with van der Waals surface area (Å²) >= 11 is 0. The van der Waals surface area contributed by atoms with Crippen molar-refractivity contribution < 1.29 is 31.1 Å². The summed E-state index contributed by atoms with van der Waals surface area (Å²) in [6.07, 6.45) is -10.5. The Morgan fingerprint density at radius 3 is 2.44 bits per heavy atom. The molecular weight excluding hydrogens is 380 g/mol. The first-order valence-corrected chi connectivity index (χ1v) is 7.15. The van der Waals surface area contributed by atoms with E-state index in [1.807, 2.05) is 5.32 Å². The van der Waals surface area contributed by atoms with E-state index >= 15 is 0 Å². The van der Waals surface area contributed by atoms with Crippen molar-refractivity contribution in [2.45, 2.75) is 37.3 Å². The third kappa shape index (κ3) is 4.00. The third-order valence-electron chi connectivity index (χ3n) is 3.81. The molecule has 1 amide bonds. The minimum Gasteiger partial charge on any atom is -0.323 e. The molecule has 2 atom stereocenters. The van der Waals surface area contributed by atoms with Crippen LogP contribution in [0.3, 0.4) is 0 Å². The van der Waals surface area contributed by atoms with E-state index in [0.29, 0.717) is 12.1 Å². The molecule has 1 aliphatic rings. The van der Waals surface area contributed by atoms with Crippen LogP contribution in [-0.4, -0.2) is 23.7 Å². The number of alkyl halides is 6. The Balaban J connectivity index is 2.38. The largest absolute Gasteiger partial charge is 0.412 e. The van der Waals surface area contributed by atoms with E-state index in [-0.39, 0.29) is 0 Å². The lowest BCUT2D eigenvalue weighted by atomic mass is 9.94. The van der Waals surface area contributed by atoms with Crippen LogP contribution in [0.5, 0.6) is 0 Å². The highest BCUT2D eigenvalue weighted by Crippen LogP contribution is 2.41. The molecule has 12 heteroatoms. The Morgan fingerprint density at radius 1 is 1.37 bits per heavy atom. The molecule has 0 aliphatic carbocycles. The number of carbonyl (C=O) groups excluding carboxylic acids is 1. The molecule has 0 spiro atoms. The van der Waals surface area contributed by atoms with Crippen molar-refractivity contribution in [2.24, 2.45) is 10.2 Å². The Kier molecular flexibility index (Phi) is 4.88. The number of amides is 1. The number of halogens is 6. The quantitative estimate of drug-likeness (QED) is 0.592. The second-order valence-electron chi connectivity index (χ2n) is 5.84. The zero-order chi connectivity index (χ0) is 20.6. The first-order chi connectivity index (χ1) is 12.3. The number of nitriles is 1. The highest BCUT2D eigenvalue weighted by molar-refractivity contribution is 5.99. The second kappa shape index (κ2) is 6.54. The Hall–Kier alpha value is -3.15. The van der Waals surface area contributed by atoms with Crippen molar-refractivity contribution in [2.75, 3.05) is 5.32 Å². The summed E-state index contributed by atoms with van der Waals surface area (Å²) in [5.74, 6) is -1.15. The highest BCUT2D eigenvalue weighted by Gasteiger charge is 2.51. The van der Waals surface area contributed by atoms with Gasteiger partial charge >= 0.3 is 12.4 Å². The number of hydrogen-bond donors (Lipinski definition) is 1. The maximum atomic E-state index is 13.0. The van der Waals surface area contributed by atoms with Crippen LogP contribution in [0.25, 0.3) is 4.85 Å². The first kappa shape index (κ1) is 20.2. The number of rotatable bonds is 2. The maximum absolute atomic E-state index is 13.0. The molecule has 0 fully saturated rings. The summed E-state index contributed by atoms with van der Waals surface area (Å²) in [6.45, 7) is 7.83. The van der Waals surface area contributed by atoms with Gasteiger partial charge in [0.2, 0.25) is 5.69 Å². The Morgan fingerprint density at radius 2 is 2.00 bits per heavy atom. The number of anilines is 1. The smallest absolute Gasteiger partial charge is 0.323 e. The summed E-state index contributed by atoms with van der Waals surface area (Å²) in [7, 11) is 0. The summed E-state index contributed by atoms with van der Waals surface area (Å²) in [6, 6.07) is 0.352. The molecule has 6 nitrogen and oxygen atoms in total. The van der Waals surface area contributed by atoms with Gasteiger partial charge in [-0.1, -0.05) is 0 Å². The number of hydrogen-bond acceptors (Lipinski definition) is 4. The van der Waals surface area contributed by atoms with Crippen LogP contribution in [0.15, 0.2) is 22.4 Å². The lowest BCUT2D eigenvalue weighted by Crippen LogP contribution is -2.40. The molecule has 142 valence electrons. The summed E-state index contributed by atoms with van der Waals surface area (Å²) in [4.78, 5) is 15.0. The fourth-order valence-electron chi connectivity index (χ4n) is 2.34. The molecule has 2 unspecified atom stereocenters. The van der Waals surface area contributed by atoms with Crippen molar-refractivity contribution in [1.29, 1.82) is 5.26 Å². The number of benzene rings is 1. The van der Waals surface area contributed by atoms with Gasteiger partial charge in [-0.3, -0.25) is 4.79 Å². The molecule has 0 radical (unpaired) electrons. The van der Waals surface area contributed by atoms with Crippen molar-refractivity contribution in [3.8, 4) is 6.07 Å². The Bertz CT molecular complexity index is 892. The van der Waals surface area contributed by atoms with Crippen molar-refractivity contribution in [3.05, 3.63) is 34.7 Å². The van der Waals surface area contributed by atoms with Crippen LogP contribution in [0, 0.1) is 17.9 Å².